The Balaban J connectivity index is 0. The monoisotopic (exact) mass is 303 g/mol. The fraction of sp³-hybridized carbons (Fsp3) is 0.857. The third-order valence-electron chi connectivity index (χ3n) is 1.17. The quantitative estimate of drug-likeness (QED) is 0.354. The Kier molecular flexibility index (Phi) is 14.0. The molecule has 0 aliphatic carbocycles. The SMILES string of the molecule is CCNC(=NC)NCCSC.I. The topological polar surface area (TPSA) is 36.4 Å². The number of guanidine groups is 1. The lowest BCUT2D eigenvalue weighted by molar-refractivity contribution is 0.860. The van der Waals surface area contributed by atoms with E-state index in [1.165, 1.54) is 0 Å². The highest BCUT2D eigenvalue weighted by molar-refractivity contribution is 14.0. The first kappa shape index (κ1) is 14.9. The van der Waals surface area contributed by atoms with Crippen molar-refractivity contribution in [2.45, 2.75) is 6.92 Å². The van der Waals surface area contributed by atoms with Gasteiger partial charge in [-0.05, 0) is 13.2 Å². The molecule has 74 valence electrons. The molecule has 0 unspecified atom stereocenters. The van der Waals surface area contributed by atoms with Gasteiger partial charge in [0.05, 0.1) is 0 Å². The molecule has 0 aliphatic rings. The zero-order chi connectivity index (χ0) is 8.53. The molecule has 0 spiro atoms. The van der Waals surface area contributed by atoms with E-state index in [9.17, 15) is 0 Å². The van der Waals surface area contributed by atoms with E-state index in [0.717, 1.165) is 24.8 Å². The molecule has 0 saturated carbocycles. The lowest BCUT2D eigenvalue weighted by atomic mass is 10.7. The highest BCUT2D eigenvalue weighted by Crippen LogP contribution is 1.86. The van der Waals surface area contributed by atoms with Crippen LogP contribution in [-0.4, -0.2) is 38.1 Å². The van der Waals surface area contributed by atoms with Gasteiger partial charge < -0.3 is 10.6 Å². The molecule has 12 heavy (non-hydrogen) atoms. The number of thioether (sulfide) groups is 1. The van der Waals surface area contributed by atoms with Gasteiger partial charge in [0, 0.05) is 25.9 Å². The van der Waals surface area contributed by atoms with Gasteiger partial charge in [0.15, 0.2) is 5.96 Å². The van der Waals surface area contributed by atoms with Gasteiger partial charge in [0.1, 0.15) is 0 Å². The minimum absolute atomic E-state index is 0. The molecule has 0 atom stereocenters. The van der Waals surface area contributed by atoms with Gasteiger partial charge in [-0.1, -0.05) is 0 Å². The van der Waals surface area contributed by atoms with Crippen LogP contribution in [0.2, 0.25) is 0 Å². The maximum Gasteiger partial charge on any atom is 0.190 e. The highest BCUT2D eigenvalue weighted by Gasteiger charge is 1.91. The fourth-order valence-electron chi connectivity index (χ4n) is 0.660. The first-order valence-electron chi connectivity index (χ1n) is 3.78. The predicted octanol–water partition coefficient (Wildman–Crippen LogP) is 1.15. The summed E-state index contributed by atoms with van der Waals surface area (Å²) in [4.78, 5) is 4.03. The molecule has 0 aliphatic heterocycles. The molecular formula is C7H18IN3S. The van der Waals surface area contributed by atoms with E-state index < -0.39 is 0 Å². The maximum atomic E-state index is 4.03. The zero-order valence-corrected chi connectivity index (χ0v) is 11.0. The second-order valence-corrected chi connectivity index (χ2v) is 3.01. The predicted molar refractivity (Wildman–Crippen MR) is 68.8 cm³/mol. The van der Waals surface area contributed by atoms with Crippen LogP contribution >= 0.6 is 35.7 Å². The minimum Gasteiger partial charge on any atom is -0.357 e. The third kappa shape index (κ3) is 8.45. The van der Waals surface area contributed by atoms with Crippen molar-refractivity contribution in [3.05, 3.63) is 0 Å². The summed E-state index contributed by atoms with van der Waals surface area (Å²) in [5.41, 5.74) is 0. The van der Waals surface area contributed by atoms with Gasteiger partial charge >= 0.3 is 0 Å². The summed E-state index contributed by atoms with van der Waals surface area (Å²) in [5.74, 6) is 2.01. The summed E-state index contributed by atoms with van der Waals surface area (Å²) in [6.07, 6.45) is 2.09. The van der Waals surface area contributed by atoms with Gasteiger partial charge in [-0.3, -0.25) is 4.99 Å². The van der Waals surface area contributed by atoms with Gasteiger partial charge in [-0.25, -0.2) is 0 Å². The largest absolute Gasteiger partial charge is 0.357 e. The zero-order valence-electron chi connectivity index (χ0n) is 7.89. The Labute approximate surface area is 96.2 Å². The number of hydrogen-bond acceptors (Lipinski definition) is 2. The molecular weight excluding hydrogens is 285 g/mol. The van der Waals surface area contributed by atoms with Crippen LogP contribution in [0.5, 0.6) is 0 Å². The van der Waals surface area contributed by atoms with Crippen molar-refractivity contribution < 1.29 is 0 Å². The number of halogens is 1. The van der Waals surface area contributed by atoms with Crippen LogP contribution in [-0.2, 0) is 0 Å². The van der Waals surface area contributed by atoms with Crippen molar-refractivity contribution in [3.8, 4) is 0 Å². The normalized spacial score (nSPS) is 10.4. The first-order chi connectivity index (χ1) is 5.35. The number of aliphatic imine (C=N–C) groups is 1. The molecule has 2 N–H and O–H groups in total. The van der Waals surface area contributed by atoms with Crippen LogP contribution in [0, 0.1) is 0 Å². The lowest BCUT2D eigenvalue weighted by Crippen LogP contribution is -2.38. The number of nitrogens with zero attached hydrogens (tertiary/aromatic N) is 1. The standard InChI is InChI=1S/C7H17N3S.HI/c1-4-9-7(8-2)10-5-6-11-3;/h4-6H2,1-3H3,(H2,8,9,10);1H. The van der Waals surface area contributed by atoms with Gasteiger partial charge in [0.25, 0.3) is 0 Å². The summed E-state index contributed by atoms with van der Waals surface area (Å²) in [6.45, 7) is 3.95. The molecule has 3 nitrogen and oxygen atoms in total. The molecule has 0 amide bonds. The van der Waals surface area contributed by atoms with Crippen molar-refractivity contribution in [1.82, 2.24) is 10.6 Å². The van der Waals surface area contributed by atoms with Crippen LogP contribution in [0.3, 0.4) is 0 Å². The van der Waals surface area contributed by atoms with Gasteiger partial charge in [0.2, 0.25) is 0 Å². The Morgan fingerprint density at radius 2 is 2.08 bits per heavy atom. The highest BCUT2D eigenvalue weighted by atomic mass is 127. The average molecular weight is 303 g/mol. The maximum absolute atomic E-state index is 4.03. The van der Waals surface area contributed by atoms with Gasteiger partial charge in [-0.2, -0.15) is 11.8 Å². The molecule has 0 fully saturated rings. The fourth-order valence-corrected chi connectivity index (χ4v) is 0.966. The second kappa shape index (κ2) is 11.4. The van der Waals surface area contributed by atoms with E-state index in [1.807, 2.05) is 11.8 Å². The number of nitrogens with one attached hydrogen (secondary N) is 2. The molecule has 0 heterocycles. The summed E-state index contributed by atoms with van der Waals surface area (Å²) in [7, 11) is 1.78. The summed E-state index contributed by atoms with van der Waals surface area (Å²) < 4.78 is 0. The van der Waals surface area contributed by atoms with Crippen molar-refractivity contribution >= 4 is 41.7 Å². The van der Waals surface area contributed by atoms with Crippen LogP contribution < -0.4 is 10.6 Å². The van der Waals surface area contributed by atoms with E-state index in [-0.39, 0.29) is 24.0 Å². The molecule has 0 aromatic heterocycles. The molecule has 0 radical (unpaired) electrons. The molecule has 0 aromatic rings. The Morgan fingerprint density at radius 3 is 2.50 bits per heavy atom. The smallest absolute Gasteiger partial charge is 0.190 e. The molecule has 5 heteroatoms. The van der Waals surface area contributed by atoms with E-state index in [4.69, 9.17) is 0 Å². The van der Waals surface area contributed by atoms with Crippen molar-refractivity contribution in [2.75, 3.05) is 32.1 Å². The first-order valence-corrected chi connectivity index (χ1v) is 5.18. The van der Waals surface area contributed by atoms with Crippen molar-refractivity contribution in [3.63, 3.8) is 0 Å². The van der Waals surface area contributed by atoms with Crippen LogP contribution in [0.25, 0.3) is 0 Å². The Morgan fingerprint density at radius 1 is 1.42 bits per heavy atom. The van der Waals surface area contributed by atoms with Crippen molar-refractivity contribution in [1.29, 1.82) is 0 Å². The van der Waals surface area contributed by atoms with Gasteiger partial charge in [-0.15, -0.1) is 24.0 Å². The molecule has 0 aromatic carbocycles. The molecule has 0 saturated heterocycles. The van der Waals surface area contributed by atoms with E-state index >= 15 is 0 Å². The number of hydrogen-bond donors (Lipinski definition) is 2. The Hall–Kier alpha value is 0.350. The van der Waals surface area contributed by atoms with Crippen LogP contribution in [0.15, 0.2) is 4.99 Å². The van der Waals surface area contributed by atoms with E-state index in [1.54, 1.807) is 7.05 Å². The van der Waals surface area contributed by atoms with E-state index in [0.29, 0.717) is 0 Å². The average Bonchev–Trinajstić information content (AvgIpc) is 2.03. The van der Waals surface area contributed by atoms with Crippen molar-refractivity contribution in [2.24, 2.45) is 4.99 Å². The third-order valence-corrected chi connectivity index (χ3v) is 1.78. The summed E-state index contributed by atoms with van der Waals surface area (Å²) in [6, 6.07) is 0. The number of rotatable bonds is 4. The molecule has 0 bridgehead atoms. The minimum atomic E-state index is 0. The summed E-state index contributed by atoms with van der Waals surface area (Å²) >= 11 is 1.83. The molecule has 0 rings (SSSR count). The second-order valence-electron chi connectivity index (χ2n) is 2.02. The van der Waals surface area contributed by atoms with Crippen LogP contribution in [0.1, 0.15) is 6.92 Å². The van der Waals surface area contributed by atoms with Crippen LogP contribution in [0.4, 0.5) is 0 Å². The summed E-state index contributed by atoms with van der Waals surface area (Å²) in [5, 5.41) is 6.31. The van der Waals surface area contributed by atoms with E-state index in [2.05, 4.69) is 28.8 Å². The lowest BCUT2D eigenvalue weighted by Gasteiger charge is -2.08. The Bertz CT molecular complexity index is 119.